The lowest BCUT2D eigenvalue weighted by molar-refractivity contribution is 0.628. The van der Waals surface area contributed by atoms with Crippen molar-refractivity contribution < 1.29 is 8.78 Å². The third-order valence-corrected chi connectivity index (χ3v) is 4.51. The van der Waals surface area contributed by atoms with Crippen LogP contribution in [0.15, 0.2) is 78.9 Å². The van der Waals surface area contributed by atoms with Gasteiger partial charge in [0.1, 0.15) is 11.6 Å². The molecule has 0 aliphatic heterocycles. The van der Waals surface area contributed by atoms with Crippen molar-refractivity contribution in [2.75, 3.05) is 0 Å². The van der Waals surface area contributed by atoms with Crippen LogP contribution in [0.2, 0.25) is 0 Å². The van der Waals surface area contributed by atoms with E-state index >= 15 is 0 Å². The summed E-state index contributed by atoms with van der Waals surface area (Å²) in [5.74, 6) is -0.530. The Bertz CT molecular complexity index is 1050. The summed E-state index contributed by atoms with van der Waals surface area (Å²) in [6, 6.07) is 23.4. The predicted molar refractivity (Wildman–Crippen MR) is 99.5 cm³/mol. The fourth-order valence-electron chi connectivity index (χ4n) is 3.39. The highest BCUT2D eigenvalue weighted by Gasteiger charge is 2.13. The molecule has 0 heterocycles. The highest BCUT2D eigenvalue weighted by Crippen LogP contribution is 2.38. The molecule has 0 unspecified atom stereocenters. The fourth-order valence-corrected chi connectivity index (χ4v) is 3.39. The first-order valence-corrected chi connectivity index (χ1v) is 8.18. The van der Waals surface area contributed by atoms with Gasteiger partial charge in [0, 0.05) is 0 Å². The maximum atomic E-state index is 14.0. The molecule has 122 valence electrons. The number of hydrogen-bond acceptors (Lipinski definition) is 0. The molecule has 0 spiro atoms. The summed E-state index contributed by atoms with van der Waals surface area (Å²) in [5.41, 5.74) is 5.04. The van der Waals surface area contributed by atoms with Gasteiger partial charge < -0.3 is 0 Å². The highest BCUT2D eigenvalue weighted by atomic mass is 19.1. The number of halogens is 2. The van der Waals surface area contributed by atoms with Gasteiger partial charge in [0.2, 0.25) is 0 Å². The van der Waals surface area contributed by atoms with Crippen molar-refractivity contribution in [2.45, 2.75) is 6.92 Å². The zero-order chi connectivity index (χ0) is 17.4. The lowest BCUT2D eigenvalue weighted by Crippen LogP contribution is -1.91. The van der Waals surface area contributed by atoms with Crippen molar-refractivity contribution in [3.8, 4) is 22.3 Å². The second-order valence-corrected chi connectivity index (χ2v) is 6.18. The Balaban J connectivity index is 2.07. The van der Waals surface area contributed by atoms with E-state index in [2.05, 4.69) is 6.07 Å². The van der Waals surface area contributed by atoms with Crippen molar-refractivity contribution in [1.29, 1.82) is 0 Å². The lowest BCUT2D eigenvalue weighted by atomic mass is 9.88. The van der Waals surface area contributed by atoms with Crippen LogP contribution < -0.4 is 0 Å². The Morgan fingerprint density at radius 3 is 2.00 bits per heavy atom. The molecule has 4 rings (SSSR count). The van der Waals surface area contributed by atoms with E-state index in [0.29, 0.717) is 0 Å². The molecule has 0 bridgehead atoms. The van der Waals surface area contributed by atoms with Gasteiger partial charge in [-0.1, -0.05) is 54.6 Å². The maximum absolute atomic E-state index is 14.0. The topological polar surface area (TPSA) is 0 Å². The van der Waals surface area contributed by atoms with E-state index < -0.39 is 0 Å². The van der Waals surface area contributed by atoms with Crippen molar-refractivity contribution in [2.24, 2.45) is 0 Å². The second kappa shape index (κ2) is 6.14. The minimum absolute atomic E-state index is 0.264. The molecule has 25 heavy (non-hydrogen) atoms. The highest BCUT2D eigenvalue weighted by molar-refractivity contribution is 6.06. The Morgan fingerprint density at radius 1 is 0.600 bits per heavy atom. The van der Waals surface area contributed by atoms with E-state index in [4.69, 9.17) is 0 Å². The minimum Gasteiger partial charge on any atom is -0.207 e. The molecule has 4 aromatic carbocycles. The van der Waals surface area contributed by atoms with Crippen molar-refractivity contribution in [3.63, 3.8) is 0 Å². The van der Waals surface area contributed by atoms with E-state index in [1.54, 1.807) is 24.3 Å². The SMILES string of the molecule is Cc1cc(-c2ccc(F)cc2)c2ccc(F)cc2c1-c1ccccc1. The molecule has 0 atom stereocenters. The average molecular weight is 330 g/mol. The summed E-state index contributed by atoms with van der Waals surface area (Å²) < 4.78 is 27.3. The van der Waals surface area contributed by atoms with Crippen LogP contribution in [0.1, 0.15) is 5.56 Å². The van der Waals surface area contributed by atoms with E-state index in [1.807, 2.05) is 37.3 Å². The fraction of sp³-hybridized carbons (Fsp3) is 0.0435. The average Bonchev–Trinajstić information content (AvgIpc) is 2.62. The molecular weight excluding hydrogens is 314 g/mol. The van der Waals surface area contributed by atoms with Gasteiger partial charge in [-0.05, 0) is 69.8 Å². The summed E-state index contributed by atoms with van der Waals surface area (Å²) in [5, 5.41) is 1.82. The van der Waals surface area contributed by atoms with Crippen LogP contribution in [-0.2, 0) is 0 Å². The van der Waals surface area contributed by atoms with E-state index in [-0.39, 0.29) is 11.6 Å². The Labute approximate surface area is 145 Å². The van der Waals surface area contributed by atoms with Gasteiger partial charge in [-0.15, -0.1) is 0 Å². The molecule has 2 heteroatoms. The first-order valence-electron chi connectivity index (χ1n) is 8.18. The standard InChI is InChI=1S/C23H16F2/c1-15-13-21(16-7-9-18(24)10-8-16)20-12-11-19(25)14-22(20)23(15)17-5-3-2-4-6-17/h2-14H,1H3. The smallest absolute Gasteiger partial charge is 0.123 e. The zero-order valence-corrected chi connectivity index (χ0v) is 13.8. The maximum Gasteiger partial charge on any atom is 0.123 e. The number of aryl methyl sites for hydroxylation is 1. The van der Waals surface area contributed by atoms with Gasteiger partial charge in [0.15, 0.2) is 0 Å². The van der Waals surface area contributed by atoms with Gasteiger partial charge in [-0.25, -0.2) is 8.78 Å². The number of hydrogen-bond donors (Lipinski definition) is 0. The molecule has 0 radical (unpaired) electrons. The summed E-state index contributed by atoms with van der Waals surface area (Å²) in [6.07, 6.45) is 0. The number of fused-ring (bicyclic) bond motifs is 1. The largest absolute Gasteiger partial charge is 0.207 e. The third-order valence-electron chi connectivity index (χ3n) is 4.51. The summed E-state index contributed by atoms with van der Waals surface area (Å²) >= 11 is 0. The van der Waals surface area contributed by atoms with Crippen LogP contribution in [-0.4, -0.2) is 0 Å². The Hall–Kier alpha value is -3.00. The monoisotopic (exact) mass is 330 g/mol. The molecule has 0 nitrogen and oxygen atoms in total. The third kappa shape index (κ3) is 2.80. The van der Waals surface area contributed by atoms with Crippen LogP contribution in [0.25, 0.3) is 33.0 Å². The normalized spacial score (nSPS) is 11.0. The molecule has 0 amide bonds. The Morgan fingerprint density at radius 2 is 1.28 bits per heavy atom. The number of rotatable bonds is 2. The van der Waals surface area contributed by atoms with E-state index in [9.17, 15) is 8.78 Å². The minimum atomic E-state index is -0.267. The zero-order valence-electron chi connectivity index (χ0n) is 13.8. The molecule has 0 aliphatic rings. The molecule has 0 saturated carbocycles. The molecule has 0 aliphatic carbocycles. The molecule has 4 aromatic rings. The number of benzene rings is 4. The van der Waals surface area contributed by atoms with Gasteiger partial charge >= 0.3 is 0 Å². The first-order chi connectivity index (χ1) is 12.1. The van der Waals surface area contributed by atoms with E-state index in [0.717, 1.165) is 38.6 Å². The molecule has 0 aromatic heterocycles. The van der Waals surface area contributed by atoms with Gasteiger partial charge in [0.05, 0.1) is 0 Å². The van der Waals surface area contributed by atoms with E-state index in [1.165, 1.54) is 18.2 Å². The molecule has 0 fully saturated rings. The summed E-state index contributed by atoms with van der Waals surface area (Å²) in [4.78, 5) is 0. The predicted octanol–water partition coefficient (Wildman–Crippen LogP) is 6.76. The van der Waals surface area contributed by atoms with Gasteiger partial charge in [-0.2, -0.15) is 0 Å². The van der Waals surface area contributed by atoms with Crippen LogP contribution in [0.5, 0.6) is 0 Å². The van der Waals surface area contributed by atoms with Crippen molar-refractivity contribution in [3.05, 3.63) is 96.1 Å². The molecule has 0 saturated heterocycles. The van der Waals surface area contributed by atoms with Crippen molar-refractivity contribution in [1.82, 2.24) is 0 Å². The Kier molecular flexibility index (Phi) is 3.81. The second-order valence-electron chi connectivity index (χ2n) is 6.18. The van der Waals surface area contributed by atoms with Crippen LogP contribution >= 0.6 is 0 Å². The van der Waals surface area contributed by atoms with Gasteiger partial charge in [-0.3, -0.25) is 0 Å². The lowest BCUT2D eigenvalue weighted by Gasteiger charge is -2.15. The van der Waals surface area contributed by atoms with Crippen LogP contribution in [0.3, 0.4) is 0 Å². The molecular formula is C23H16F2. The quantitative estimate of drug-likeness (QED) is 0.381. The molecule has 0 N–H and O–H groups in total. The van der Waals surface area contributed by atoms with Crippen LogP contribution in [0.4, 0.5) is 8.78 Å². The van der Waals surface area contributed by atoms with Crippen LogP contribution in [0, 0.1) is 18.6 Å². The van der Waals surface area contributed by atoms with Crippen molar-refractivity contribution >= 4 is 10.8 Å². The first kappa shape index (κ1) is 15.5. The summed E-state index contributed by atoms with van der Waals surface area (Å²) in [7, 11) is 0. The van der Waals surface area contributed by atoms with Gasteiger partial charge in [0.25, 0.3) is 0 Å². The summed E-state index contributed by atoms with van der Waals surface area (Å²) in [6.45, 7) is 2.03.